The predicted molar refractivity (Wildman–Crippen MR) is 99.8 cm³/mol. The maximum atomic E-state index is 12.8. The van der Waals surface area contributed by atoms with Gasteiger partial charge in [0.1, 0.15) is 28.3 Å². The van der Waals surface area contributed by atoms with E-state index in [2.05, 4.69) is 10.3 Å². The molecule has 1 atom stereocenters. The van der Waals surface area contributed by atoms with E-state index < -0.39 is 0 Å². The van der Waals surface area contributed by atoms with Crippen LogP contribution in [0.3, 0.4) is 0 Å². The van der Waals surface area contributed by atoms with Crippen LogP contribution in [-0.2, 0) is 6.42 Å². The molecule has 1 aliphatic rings. The fourth-order valence-corrected chi connectivity index (χ4v) is 2.98. The smallest absolute Gasteiger partial charge is 0.261 e. The zero-order valence-electron chi connectivity index (χ0n) is 15.0. The molecule has 0 spiro atoms. The fourth-order valence-electron chi connectivity index (χ4n) is 2.84. The quantitative estimate of drug-likeness (QED) is 0.768. The van der Waals surface area contributed by atoms with Crippen molar-refractivity contribution in [2.45, 2.75) is 33.3 Å². The number of pyridine rings is 1. The summed E-state index contributed by atoms with van der Waals surface area (Å²) in [5.74, 6) is 1.21. The summed E-state index contributed by atoms with van der Waals surface area (Å²) in [6.45, 7) is 6.59. The summed E-state index contributed by atoms with van der Waals surface area (Å²) in [4.78, 5) is 16.8. The lowest BCUT2D eigenvalue weighted by molar-refractivity contribution is 0.102. The highest BCUT2D eigenvalue weighted by molar-refractivity contribution is 6.29. The van der Waals surface area contributed by atoms with E-state index in [1.807, 2.05) is 26.8 Å². The minimum absolute atomic E-state index is 0.107. The Morgan fingerprint density at radius 2 is 2.08 bits per heavy atom. The number of rotatable bonds is 6. The number of hydrogen-bond donors (Lipinski definition) is 1. The highest BCUT2D eigenvalue weighted by Gasteiger charge is 2.23. The van der Waals surface area contributed by atoms with Gasteiger partial charge in [0.2, 0.25) is 5.88 Å². The van der Waals surface area contributed by atoms with E-state index in [0.717, 1.165) is 17.7 Å². The van der Waals surface area contributed by atoms with Crippen molar-refractivity contribution in [3.63, 3.8) is 0 Å². The zero-order chi connectivity index (χ0) is 18.7. The monoisotopic (exact) mass is 376 g/mol. The zero-order valence-corrected chi connectivity index (χ0v) is 15.7. The first-order valence-electron chi connectivity index (χ1n) is 8.58. The Kier molecular flexibility index (Phi) is 5.52. The molecule has 0 aliphatic carbocycles. The SMILES string of the molecule is CCOc1cc2c(cc1NC(=O)c1ccc(Cl)nc1OCC)OC(C)C2. The number of hydrogen-bond acceptors (Lipinski definition) is 5. The molecule has 1 N–H and O–H groups in total. The number of benzene rings is 1. The first-order chi connectivity index (χ1) is 12.5. The molecule has 1 aromatic heterocycles. The summed E-state index contributed by atoms with van der Waals surface area (Å²) in [5, 5.41) is 3.13. The third-order valence-electron chi connectivity index (χ3n) is 3.90. The number of carbonyl (C=O) groups is 1. The van der Waals surface area contributed by atoms with Crippen molar-refractivity contribution in [1.82, 2.24) is 4.98 Å². The van der Waals surface area contributed by atoms with E-state index in [-0.39, 0.29) is 23.0 Å². The van der Waals surface area contributed by atoms with Gasteiger partial charge >= 0.3 is 0 Å². The summed E-state index contributed by atoms with van der Waals surface area (Å²) < 4.78 is 16.9. The molecular weight excluding hydrogens is 356 g/mol. The van der Waals surface area contributed by atoms with Gasteiger partial charge in [-0.05, 0) is 39.0 Å². The highest BCUT2D eigenvalue weighted by Crippen LogP contribution is 2.38. The molecule has 1 aliphatic heterocycles. The van der Waals surface area contributed by atoms with E-state index in [1.54, 1.807) is 18.2 Å². The number of halogens is 1. The van der Waals surface area contributed by atoms with Crippen molar-refractivity contribution in [3.8, 4) is 17.4 Å². The molecule has 6 nitrogen and oxygen atoms in total. The van der Waals surface area contributed by atoms with Crippen LogP contribution in [0.2, 0.25) is 5.15 Å². The normalized spacial score (nSPS) is 15.2. The van der Waals surface area contributed by atoms with Crippen LogP contribution in [0.5, 0.6) is 17.4 Å². The van der Waals surface area contributed by atoms with Crippen LogP contribution in [0.25, 0.3) is 0 Å². The largest absolute Gasteiger partial charge is 0.492 e. The molecule has 1 aromatic carbocycles. The van der Waals surface area contributed by atoms with Crippen molar-refractivity contribution in [3.05, 3.63) is 40.5 Å². The van der Waals surface area contributed by atoms with Gasteiger partial charge in [-0.15, -0.1) is 0 Å². The number of ether oxygens (including phenoxy) is 3. The van der Waals surface area contributed by atoms with Gasteiger partial charge in [0, 0.05) is 18.1 Å². The predicted octanol–water partition coefficient (Wildman–Crippen LogP) is 4.11. The maximum absolute atomic E-state index is 12.8. The van der Waals surface area contributed by atoms with Gasteiger partial charge in [0.25, 0.3) is 5.91 Å². The van der Waals surface area contributed by atoms with E-state index in [4.69, 9.17) is 25.8 Å². The maximum Gasteiger partial charge on any atom is 0.261 e. The van der Waals surface area contributed by atoms with E-state index in [1.165, 1.54) is 0 Å². The van der Waals surface area contributed by atoms with Crippen molar-refractivity contribution < 1.29 is 19.0 Å². The van der Waals surface area contributed by atoms with Crippen LogP contribution in [-0.4, -0.2) is 30.2 Å². The second-order valence-corrected chi connectivity index (χ2v) is 6.28. The van der Waals surface area contributed by atoms with Crippen LogP contribution in [0.4, 0.5) is 5.69 Å². The lowest BCUT2D eigenvalue weighted by atomic mass is 10.1. The first-order valence-corrected chi connectivity index (χ1v) is 8.96. The van der Waals surface area contributed by atoms with Gasteiger partial charge in [0.15, 0.2) is 0 Å². The summed E-state index contributed by atoms with van der Waals surface area (Å²) in [6.07, 6.45) is 0.926. The summed E-state index contributed by atoms with van der Waals surface area (Å²) in [6, 6.07) is 6.85. The molecule has 0 saturated heterocycles. The lowest BCUT2D eigenvalue weighted by Gasteiger charge is -2.14. The third kappa shape index (κ3) is 3.85. The number of amides is 1. The number of fused-ring (bicyclic) bond motifs is 1. The van der Waals surface area contributed by atoms with Crippen molar-refractivity contribution >= 4 is 23.2 Å². The average molecular weight is 377 g/mol. The summed E-state index contributed by atoms with van der Waals surface area (Å²) in [5.41, 5.74) is 1.91. The molecule has 0 fully saturated rings. The first kappa shape index (κ1) is 18.3. The molecule has 1 amide bonds. The number of nitrogens with one attached hydrogen (secondary N) is 1. The molecule has 1 unspecified atom stereocenters. The van der Waals surface area contributed by atoms with Gasteiger partial charge in [0.05, 0.1) is 18.9 Å². The van der Waals surface area contributed by atoms with Crippen molar-refractivity contribution in [2.75, 3.05) is 18.5 Å². The van der Waals surface area contributed by atoms with Gasteiger partial charge in [-0.25, -0.2) is 4.98 Å². The second kappa shape index (κ2) is 7.83. The molecular formula is C19H21ClN2O4. The molecule has 2 aromatic rings. The number of aromatic nitrogens is 1. The Labute approximate surface area is 157 Å². The van der Waals surface area contributed by atoms with E-state index >= 15 is 0 Å². The Hall–Kier alpha value is -2.47. The molecule has 138 valence electrons. The van der Waals surface area contributed by atoms with Gasteiger partial charge in [-0.3, -0.25) is 4.79 Å². The van der Waals surface area contributed by atoms with E-state index in [9.17, 15) is 4.79 Å². The van der Waals surface area contributed by atoms with Crippen LogP contribution >= 0.6 is 11.6 Å². The van der Waals surface area contributed by atoms with Crippen LogP contribution in [0.1, 0.15) is 36.7 Å². The second-order valence-electron chi connectivity index (χ2n) is 5.90. The molecule has 2 heterocycles. The lowest BCUT2D eigenvalue weighted by Crippen LogP contribution is -2.15. The van der Waals surface area contributed by atoms with Crippen LogP contribution in [0.15, 0.2) is 24.3 Å². The molecule has 3 rings (SSSR count). The molecule has 0 saturated carbocycles. The number of anilines is 1. The summed E-state index contributed by atoms with van der Waals surface area (Å²) >= 11 is 5.90. The fraction of sp³-hybridized carbons (Fsp3) is 0.368. The average Bonchev–Trinajstić information content (AvgIpc) is 2.94. The highest BCUT2D eigenvalue weighted by atomic mass is 35.5. The number of carbonyl (C=O) groups excluding carboxylic acids is 1. The molecule has 0 radical (unpaired) electrons. The molecule has 26 heavy (non-hydrogen) atoms. The molecule has 0 bridgehead atoms. The Bertz CT molecular complexity index is 825. The standard InChI is InChI=1S/C19H21ClN2O4/c1-4-24-16-9-12-8-11(3)26-15(12)10-14(16)21-18(23)13-6-7-17(20)22-19(13)25-5-2/h6-7,9-11H,4-5,8H2,1-3H3,(H,21,23). The van der Waals surface area contributed by atoms with E-state index in [0.29, 0.717) is 30.2 Å². The van der Waals surface area contributed by atoms with Crippen LogP contribution < -0.4 is 19.5 Å². The minimum Gasteiger partial charge on any atom is -0.492 e. The van der Waals surface area contributed by atoms with Crippen molar-refractivity contribution in [2.24, 2.45) is 0 Å². The Balaban J connectivity index is 1.91. The van der Waals surface area contributed by atoms with Gasteiger partial charge in [-0.1, -0.05) is 11.6 Å². The minimum atomic E-state index is -0.357. The third-order valence-corrected chi connectivity index (χ3v) is 4.11. The van der Waals surface area contributed by atoms with Crippen LogP contribution in [0, 0.1) is 0 Å². The van der Waals surface area contributed by atoms with Gasteiger partial charge < -0.3 is 19.5 Å². The van der Waals surface area contributed by atoms with Crippen molar-refractivity contribution in [1.29, 1.82) is 0 Å². The molecule has 7 heteroatoms. The number of nitrogens with zero attached hydrogens (tertiary/aromatic N) is 1. The Morgan fingerprint density at radius 1 is 1.31 bits per heavy atom. The summed E-state index contributed by atoms with van der Waals surface area (Å²) in [7, 11) is 0. The Morgan fingerprint density at radius 3 is 2.81 bits per heavy atom. The van der Waals surface area contributed by atoms with Gasteiger partial charge in [-0.2, -0.15) is 0 Å². The topological polar surface area (TPSA) is 69.7 Å².